The molecule has 0 radical (unpaired) electrons. The Morgan fingerprint density at radius 3 is 2.14 bits per heavy atom. The summed E-state index contributed by atoms with van der Waals surface area (Å²) in [7, 11) is 1.80. The first-order valence-corrected chi connectivity index (χ1v) is 6.21. The lowest BCUT2D eigenvalue weighted by Crippen LogP contribution is -2.13. The zero-order chi connectivity index (χ0) is 10.8. The van der Waals surface area contributed by atoms with Gasteiger partial charge < -0.3 is 4.74 Å². The maximum Gasteiger partial charge on any atom is 0.0490 e. The van der Waals surface area contributed by atoms with Crippen molar-refractivity contribution in [1.82, 2.24) is 0 Å². The molecule has 0 aliphatic rings. The van der Waals surface area contributed by atoms with Crippen LogP contribution in [0, 0.1) is 11.8 Å². The zero-order valence-electron chi connectivity index (χ0n) is 10.5. The molecule has 0 aromatic heterocycles. The number of ether oxygens (including phenoxy) is 1. The summed E-state index contributed by atoms with van der Waals surface area (Å²) in [5, 5.41) is 0. The van der Waals surface area contributed by atoms with Gasteiger partial charge in [-0.15, -0.1) is 0 Å². The molecule has 0 saturated carbocycles. The maximum atomic E-state index is 5.17. The topological polar surface area (TPSA) is 9.23 Å². The van der Waals surface area contributed by atoms with E-state index in [0.717, 1.165) is 12.5 Å². The molecular formula is C13H28O. The second-order valence-corrected chi connectivity index (χ2v) is 4.61. The van der Waals surface area contributed by atoms with E-state index in [4.69, 9.17) is 4.74 Å². The fourth-order valence-corrected chi connectivity index (χ4v) is 1.78. The molecule has 0 fully saturated rings. The Balaban J connectivity index is 3.29. The SMILES string of the molecule is CCCCCCCC(C)C(C)COC. The van der Waals surface area contributed by atoms with E-state index in [-0.39, 0.29) is 0 Å². The first-order valence-electron chi connectivity index (χ1n) is 6.21. The number of rotatable bonds is 9. The predicted octanol–water partition coefficient (Wildman–Crippen LogP) is 4.27. The van der Waals surface area contributed by atoms with Gasteiger partial charge in [-0.2, -0.15) is 0 Å². The average molecular weight is 200 g/mol. The number of hydrogen-bond donors (Lipinski definition) is 0. The Bertz CT molecular complexity index is 112. The lowest BCUT2D eigenvalue weighted by Gasteiger charge is -2.18. The van der Waals surface area contributed by atoms with Crippen molar-refractivity contribution in [3.8, 4) is 0 Å². The van der Waals surface area contributed by atoms with Crippen LogP contribution in [0.4, 0.5) is 0 Å². The molecule has 2 unspecified atom stereocenters. The van der Waals surface area contributed by atoms with Crippen LogP contribution in [0.15, 0.2) is 0 Å². The van der Waals surface area contributed by atoms with Gasteiger partial charge in [0.15, 0.2) is 0 Å². The summed E-state index contributed by atoms with van der Waals surface area (Å²) in [5.74, 6) is 1.53. The second-order valence-electron chi connectivity index (χ2n) is 4.61. The normalized spacial score (nSPS) is 15.4. The summed E-state index contributed by atoms with van der Waals surface area (Å²) < 4.78 is 5.17. The van der Waals surface area contributed by atoms with Crippen molar-refractivity contribution in [1.29, 1.82) is 0 Å². The highest BCUT2D eigenvalue weighted by molar-refractivity contribution is 4.61. The van der Waals surface area contributed by atoms with Crippen LogP contribution >= 0.6 is 0 Å². The van der Waals surface area contributed by atoms with Crippen LogP contribution in [-0.2, 0) is 4.74 Å². The predicted molar refractivity (Wildman–Crippen MR) is 63.6 cm³/mol. The Labute approximate surface area is 90.2 Å². The first-order chi connectivity index (χ1) is 6.72. The molecule has 0 aromatic carbocycles. The van der Waals surface area contributed by atoms with E-state index in [0.29, 0.717) is 5.92 Å². The lowest BCUT2D eigenvalue weighted by atomic mass is 9.91. The van der Waals surface area contributed by atoms with Crippen LogP contribution in [0.2, 0.25) is 0 Å². The quantitative estimate of drug-likeness (QED) is 0.505. The van der Waals surface area contributed by atoms with Gasteiger partial charge in [0.1, 0.15) is 0 Å². The van der Waals surface area contributed by atoms with Gasteiger partial charge in [-0.1, -0.05) is 59.3 Å². The van der Waals surface area contributed by atoms with E-state index in [1.54, 1.807) is 7.11 Å². The van der Waals surface area contributed by atoms with Crippen molar-refractivity contribution in [2.45, 2.75) is 59.3 Å². The smallest absolute Gasteiger partial charge is 0.0490 e. The molecule has 0 saturated heterocycles. The van der Waals surface area contributed by atoms with E-state index in [1.807, 2.05) is 0 Å². The largest absolute Gasteiger partial charge is 0.384 e. The van der Waals surface area contributed by atoms with E-state index >= 15 is 0 Å². The summed E-state index contributed by atoms with van der Waals surface area (Å²) in [5.41, 5.74) is 0. The van der Waals surface area contributed by atoms with Gasteiger partial charge in [0.2, 0.25) is 0 Å². The monoisotopic (exact) mass is 200 g/mol. The number of unbranched alkanes of at least 4 members (excludes halogenated alkanes) is 4. The third-order valence-electron chi connectivity index (χ3n) is 3.16. The van der Waals surface area contributed by atoms with Crippen LogP contribution in [0.3, 0.4) is 0 Å². The van der Waals surface area contributed by atoms with Crippen molar-refractivity contribution in [3.05, 3.63) is 0 Å². The Kier molecular flexibility index (Phi) is 9.49. The summed E-state index contributed by atoms with van der Waals surface area (Å²) in [6, 6.07) is 0. The third kappa shape index (κ3) is 7.37. The van der Waals surface area contributed by atoms with E-state index in [9.17, 15) is 0 Å². The molecule has 0 heterocycles. The van der Waals surface area contributed by atoms with Crippen molar-refractivity contribution < 1.29 is 4.74 Å². The summed E-state index contributed by atoms with van der Waals surface area (Å²) in [6.07, 6.45) is 8.35. The molecule has 0 aliphatic carbocycles. The average Bonchev–Trinajstić information content (AvgIpc) is 2.17. The summed E-state index contributed by atoms with van der Waals surface area (Å²) in [4.78, 5) is 0. The maximum absolute atomic E-state index is 5.17. The lowest BCUT2D eigenvalue weighted by molar-refractivity contribution is 0.130. The van der Waals surface area contributed by atoms with Gasteiger partial charge in [-0.05, 0) is 11.8 Å². The molecule has 0 spiro atoms. The van der Waals surface area contributed by atoms with Gasteiger partial charge in [0.25, 0.3) is 0 Å². The fraction of sp³-hybridized carbons (Fsp3) is 1.00. The highest BCUT2D eigenvalue weighted by atomic mass is 16.5. The minimum absolute atomic E-state index is 0.714. The summed E-state index contributed by atoms with van der Waals surface area (Å²) >= 11 is 0. The molecule has 0 aliphatic heterocycles. The van der Waals surface area contributed by atoms with Gasteiger partial charge in [0, 0.05) is 13.7 Å². The Hall–Kier alpha value is -0.0400. The Morgan fingerprint density at radius 1 is 0.929 bits per heavy atom. The zero-order valence-corrected chi connectivity index (χ0v) is 10.5. The highest BCUT2D eigenvalue weighted by Crippen LogP contribution is 2.19. The Morgan fingerprint density at radius 2 is 1.57 bits per heavy atom. The molecular weight excluding hydrogens is 172 g/mol. The molecule has 0 aromatic rings. The summed E-state index contributed by atoms with van der Waals surface area (Å²) in [6.45, 7) is 7.82. The van der Waals surface area contributed by atoms with Crippen LogP contribution < -0.4 is 0 Å². The molecule has 0 amide bonds. The molecule has 0 bridgehead atoms. The van der Waals surface area contributed by atoms with Crippen molar-refractivity contribution in [3.63, 3.8) is 0 Å². The van der Waals surface area contributed by atoms with Crippen molar-refractivity contribution >= 4 is 0 Å². The van der Waals surface area contributed by atoms with Gasteiger partial charge in [-0.3, -0.25) is 0 Å². The van der Waals surface area contributed by atoms with E-state index < -0.39 is 0 Å². The van der Waals surface area contributed by atoms with Crippen molar-refractivity contribution in [2.75, 3.05) is 13.7 Å². The minimum atomic E-state index is 0.714. The van der Waals surface area contributed by atoms with Crippen LogP contribution in [0.5, 0.6) is 0 Å². The van der Waals surface area contributed by atoms with Gasteiger partial charge in [0.05, 0.1) is 0 Å². The van der Waals surface area contributed by atoms with Gasteiger partial charge in [-0.25, -0.2) is 0 Å². The second kappa shape index (κ2) is 9.51. The number of methoxy groups -OCH3 is 1. The highest BCUT2D eigenvalue weighted by Gasteiger charge is 2.10. The molecule has 1 nitrogen and oxygen atoms in total. The fourth-order valence-electron chi connectivity index (χ4n) is 1.78. The molecule has 2 atom stereocenters. The first kappa shape index (κ1) is 14.0. The minimum Gasteiger partial charge on any atom is -0.384 e. The van der Waals surface area contributed by atoms with E-state index in [1.165, 1.54) is 38.5 Å². The third-order valence-corrected chi connectivity index (χ3v) is 3.16. The molecule has 86 valence electrons. The van der Waals surface area contributed by atoms with E-state index in [2.05, 4.69) is 20.8 Å². The van der Waals surface area contributed by atoms with Crippen LogP contribution in [-0.4, -0.2) is 13.7 Å². The number of hydrogen-bond acceptors (Lipinski definition) is 1. The molecule has 0 rings (SSSR count). The van der Waals surface area contributed by atoms with Crippen LogP contribution in [0.1, 0.15) is 59.3 Å². The standard InChI is InChI=1S/C13H28O/c1-5-6-7-8-9-10-12(2)13(3)11-14-4/h12-13H,5-11H2,1-4H3. The molecule has 1 heteroatoms. The van der Waals surface area contributed by atoms with Crippen LogP contribution in [0.25, 0.3) is 0 Å². The molecule has 0 N–H and O–H groups in total. The molecule has 14 heavy (non-hydrogen) atoms. The van der Waals surface area contributed by atoms with Crippen molar-refractivity contribution in [2.24, 2.45) is 11.8 Å². The van der Waals surface area contributed by atoms with Gasteiger partial charge >= 0.3 is 0 Å².